The molecule has 0 spiro atoms. The Balaban J connectivity index is 2.30. The van der Waals surface area contributed by atoms with E-state index in [2.05, 4.69) is 5.10 Å². The maximum Gasteiger partial charge on any atom is 0.133 e. The summed E-state index contributed by atoms with van der Waals surface area (Å²) in [5.74, 6) is 0.353. The molecule has 0 N–H and O–H groups in total. The largest absolute Gasteiger partial charge is 0.300 e. The molecule has 0 aliphatic rings. The van der Waals surface area contributed by atoms with E-state index in [0.717, 1.165) is 18.4 Å². The number of hydrogen-bond acceptors (Lipinski definition) is 2. The first kappa shape index (κ1) is 9.96. The van der Waals surface area contributed by atoms with Crippen LogP contribution in [0.3, 0.4) is 0 Å². The monoisotopic (exact) mass is 180 g/mol. The average Bonchev–Trinajstić information content (AvgIpc) is 2.49. The van der Waals surface area contributed by atoms with Crippen LogP contribution in [0.4, 0.5) is 0 Å². The lowest BCUT2D eigenvalue weighted by molar-refractivity contribution is -0.119. The van der Waals surface area contributed by atoms with Gasteiger partial charge in [0.25, 0.3) is 0 Å². The minimum absolute atomic E-state index is 0.353. The summed E-state index contributed by atoms with van der Waals surface area (Å²) in [7, 11) is 1.89. The number of hydrogen-bond donors (Lipinski definition) is 0. The van der Waals surface area contributed by atoms with Crippen LogP contribution >= 0.6 is 0 Å². The van der Waals surface area contributed by atoms with Gasteiger partial charge in [0.2, 0.25) is 0 Å². The van der Waals surface area contributed by atoms with Crippen molar-refractivity contribution in [2.45, 2.75) is 32.6 Å². The molecule has 0 fully saturated rings. The van der Waals surface area contributed by atoms with Gasteiger partial charge in [-0.1, -0.05) is 6.92 Å². The summed E-state index contributed by atoms with van der Waals surface area (Å²) in [4.78, 5) is 11.2. The normalized spacial score (nSPS) is 10.3. The molecular weight excluding hydrogens is 164 g/mol. The summed E-state index contributed by atoms with van der Waals surface area (Å²) < 4.78 is 1.76. The van der Waals surface area contributed by atoms with Gasteiger partial charge in [-0.15, -0.1) is 0 Å². The predicted octanol–water partition coefficient (Wildman–Crippen LogP) is 1.72. The summed E-state index contributed by atoms with van der Waals surface area (Å²) in [6.07, 6.45) is 6.91. The SMILES string of the molecule is CCCC(=O)CCc1cnn(C)c1. The van der Waals surface area contributed by atoms with Crippen molar-refractivity contribution in [1.82, 2.24) is 9.78 Å². The molecular formula is C10H16N2O. The molecule has 1 aromatic heterocycles. The smallest absolute Gasteiger partial charge is 0.133 e. The first-order valence-electron chi connectivity index (χ1n) is 4.71. The zero-order chi connectivity index (χ0) is 9.68. The Hall–Kier alpha value is -1.12. The minimum Gasteiger partial charge on any atom is -0.300 e. The number of carbonyl (C=O) groups excluding carboxylic acids is 1. The van der Waals surface area contributed by atoms with Crippen molar-refractivity contribution in [2.24, 2.45) is 7.05 Å². The first-order chi connectivity index (χ1) is 6.22. The maximum atomic E-state index is 11.2. The zero-order valence-electron chi connectivity index (χ0n) is 8.29. The number of aromatic nitrogens is 2. The number of carbonyl (C=O) groups is 1. The predicted molar refractivity (Wildman–Crippen MR) is 51.4 cm³/mol. The van der Waals surface area contributed by atoms with Crippen molar-refractivity contribution in [1.29, 1.82) is 0 Å². The van der Waals surface area contributed by atoms with E-state index in [9.17, 15) is 4.79 Å². The van der Waals surface area contributed by atoms with Crippen molar-refractivity contribution < 1.29 is 4.79 Å². The molecule has 1 rings (SSSR count). The van der Waals surface area contributed by atoms with Crippen molar-refractivity contribution in [3.8, 4) is 0 Å². The fourth-order valence-electron chi connectivity index (χ4n) is 1.29. The lowest BCUT2D eigenvalue weighted by Gasteiger charge is -1.95. The Labute approximate surface area is 78.8 Å². The summed E-state index contributed by atoms with van der Waals surface area (Å²) in [5, 5.41) is 4.05. The second-order valence-corrected chi connectivity index (χ2v) is 3.31. The topological polar surface area (TPSA) is 34.9 Å². The second kappa shape index (κ2) is 4.80. The highest BCUT2D eigenvalue weighted by Gasteiger charge is 2.02. The third-order valence-electron chi connectivity index (χ3n) is 1.98. The Morgan fingerprint density at radius 2 is 2.31 bits per heavy atom. The van der Waals surface area contributed by atoms with E-state index in [0.29, 0.717) is 18.6 Å². The maximum absolute atomic E-state index is 11.2. The third-order valence-corrected chi connectivity index (χ3v) is 1.98. The number of Topliss-reactive ketones (excluding diaryl/α,β-unsaturated/α-hetero) is 1. The summed E-state index contributed by atoms with van der Waals surface area (Å²) in [6.45, 7) is 2.03. The lowest BCUT2D eigenvalue weighted by atomic mass is 10.1. The van der Waals surface area contributed by atoms with Crippen LogP contribution in [0.2, 0.25) is 0 Å². The third kappa shape index (κ3) is 3.40. The molecule has 1 heterocycles. The van der Waals surface area contributed by atoms with Gasteiger partial charge < -0.3 is 0 Å². The van der Waals surface area contributed by atoms with Gasteiger partial charge in [-0.2, -0.15) is 5.10 Å². The van der Waals surface area contributed by atoms with Crippen LogP contribution in [0.1, 0.15) is 31.7 Å². The average molecular weight is 180 g/mol. The molecule has 0 aliphatic carbocycles. The second-order valence-electron chi connectivity index (χ2n) is 3.31. The zero-order valence-corrected chi connectivity index (χ0v) is 8.29. The van der Waals surface area contributed by atoms with E-state index in [1.807, 2.05) is 26.4 Å². The molecule has 0 bridgehead atoms. The molecule has 0 saturated heterocycles. The van der Waals surface area contributed by atoms with Crippen LogP contribution in [0.15, 0.2) is 12.4 Å². The fraction of sp³-hybridized carbons (Fsp3) is 0.600. The molecule has 0 unspecified atom stereocenters. The minimum atomic E-state index is 0.353. The van der Waals surface area contributed by atoms with Crippen LogP contribution in [0.25, 0.3) is 0 Å². The number of rotatable bonds is 5. The number of nitrogens with zero attached hydrogens (tertiary/aromatic N) is 2. The molecule has 0 aromatic carbocycles. The van der Waals surface area contributed by atoms with E-state index in [1.54, 1.807) is 4.68 Å². The Bertz CT molecular complexity index is 278. The first-order valence-corrected chi connectivity index (χ1v) is 4.71. The highest BCUT2D eigenvalue weighted by molar-refractivity contribution is 5.78. The highest BCUT2D eigenvalue weighted by Crippen LogP contribution is 2.03. The molecule has 1 aromatic rings. The van der Waals surface area contributed by atoms with E-state index < -0.39 is 0 Å². The van der Waals surface area contributed by atoms with Crippen LogP contribution < -0.4 is 0 Å². The molecule has 13 heavy (non-hydrogen) atoms. The van der Waals surface area contributed by atoms with Crippen molar-refractivity contribution in [2.75, 3.05) is 0 Å². The molecule has 3 nitrogen and oxygen atoms in total. The highest BCUT2D eigenvalue weighted by atomic mass is 16.1. The molecule has 0 atom stereocenters. The Morgan fingerprint density at radius 1 is 1.54 bits per heavy atom. The van der Waals surface area contributed by atoms with Gasteiger partial charge in [-0.05, 0) is 18.4 Å². The van der Waals surface area contributed by atoms with Gasteiger partial charge in [0, 0.05) is 26.1 Å². The van der Waals surface area contributed by atoms with E-state index in [1.165, 1.54) is 0 Å². The van der Waals surface area contributed by atoms with Crippen LogP contribution in [-0.2, 0) is 18.3 Å². The van der Waals surface area contributed by atoms with Gasteiger partial charge >= 0.3 is 0 Å². The fourth-order valence-corrected chi connectivity index (χ4v) is 1.29. The summed E-state index contributed by atoms with van der Waals surface area (Å²) >= 11 is 0. The van der Waals surface area contributed by atoms with Crippen LogP contribution in [0, 0.1) is 0 Å². The Kier molecular flexibility index (Phi) is 3.68. The van der Waals surface area contributed by atoms with Crippen LogP contribution in [-0.4, -0.2) is 15.6 Å². The van der Waals surface area contributed by atoms with Gasteiger partial charge in [0.1, 0.15) is 5.78 Å². The molecule has 0 amide bonds. The molecule has 0 saturated carbocycles. The van der Waals surface area contributed by atoms with Crippen molar-refractivity contribution in [3.05, 3.63) is 18.0 Å². The van der Waals surface area contributed by atoms with Gasteiger partial charge in [-0.3, -0.25) is 9.48 Å². The van der Waals surface area contributed by atoms with Gasteiger partial charge in [0.15, 0.2) is 0 Å². The number of ketones is 1. The molecule has 3 heteroatoms. The molecule has 0 radical (unpaired) electrons. The summed E-state index contributed by atoms with van der Waals surface area (Å²) in [6, 6.07) is 0. The van der Waals surface area contributed by atoms with Crippen molar-refractivity contribution in [3.63, 3.8) is 0 Å². The summed E-state index contributed by atoms with van der Waals surface area (Å²) in [5.41, 5.74) is 1.15. The van der Waals surface area contributed by atoms with Gasteiger partial charge in [0.05, 0.1) is 6.20 Å². The van der Waals surface area contributed by atoms with Gasteiger partial charge in [-0.25, -0.2) is 0 Å². The van der Waals surface area contributed by atoms with E-state index >= 15 is 0 Å². The quantitative estimate of drug-likeness (QED) is 0.691. The molecule has 72 valence electrons. The molecule has 0 aliphatic heterocycles. The van der Waals surface area contributed by atoms with E-state index in [-0.39, 0.29) is 0 Å². The van der Waals surface area contributed by atoms with Crippen molar-refractivity contribution >= 4 is 5.78 Å². The van der Waals surface area contributed by atoms with Crippen LogP contribution in [0.5, 0.6) is 0 Å². The lowest BCUT2D eigenvalue weighted by Crippen LogP contribution is -1.98. The number of aryl methyl sites for hydroxylation is 2. The Morgan fingerprint density at radius 3 is 2.85 bits per heavy atom. The standard InChI is InChI=1S/C10H16N2O/c1-3-4-10(13)6-5-9-7-11-12(2)8-9/h7-8H,3-6H2,1-2H3. The van der Waals surface area contributed by atoms with E-state index in [4.69, 9.17) is 0 Å².